The van der Waals surface area contributed by atoms with E-state index in [0.717, 1.165) is 35.1 Å². The Labute approximate surface area is 158 Å². The fraction of sp³-hybridized carbons (Fsp3) is 0.450. The molecule has 0 saturated carbocycles. The largest absolute Gasteiger partial charge is 0.368 e. The third kappa shape index (κ3) is 3.19. The van der Waals surface area contributed by atoms with Crippen LogP contribution in [0.4, 0.5) is 5.82 Å². The van der Waals surface area contributed by atoms with Gasteiger partial charge in [-0.2, -0.15) is 0 Å². The summed E-state index contributed by atoms with van der Waals surface area (Å²) in [6.45, 7) is 9.82. The van der Waals surface area contributed by atoms with E-state index < -0.39 is 0 Å². The number of hydrogen-bond donors (Lipinski definition) is 1. The van der Waals surface area contributed by atoms with E-state index in [9.17, 15) is 0 Å². The number of nitrogens with zero attached hydrogens (tertiary/aromatic N) is 4. The number of fused-ring (bicyclic) bond motifs is 1. The SMILES string of the molecule is CCN1CCC[C@@H]1CNc1nc(-c2cccnc2)nc2sc(C)c(C)c12. The van der Waals surface area contributed by atoms with Gasteiger partial charge in [-0.05, 0) is 57.5 Å². The van der Waals surface area contributed by atoms with E-state index in [2.05, 4.69) is 36.0 Å². The van der Waals surface area contributed by atoms with Crippen LogP contribution in [0.1, 0.15) is 30.2 Å². The van der Waals surface area contributed by atoms with Crippen molar-refractivity contribution in [1.82, 2.24) is 19.9 Å². The summed E-state index contributed by atoms with van der Waals surface area (Å²) in [5.74, 6) is 1.70. The number of anilines is 1. The van der Waals surface area contributed by atoms with Gasteiger partial charge in [-0.15, -0.1) is 11.3 Å². The summed E-state index contributed by atoms with van der Waals surface area (Å²) < 4.78 is 0. The first-order valence-electron chi connectivity index (χ1n) is 9.33. The predicted molar refractivity (Wildman–Crippen MR) is 109 cm³/mol. The highest BCUT2D eigenvalue weighted by Gasteiger charge is 2.23. The monoisotopic (exact) mass is 367 g/mol. The molecule has 3 aromatic rings. The second kappa shape index (κ2) is 7.29. The molecule has 0 unspecified atom stereocenters. The maximum atomic E-state index is 4.88. The molecule has 3 aromatic heterocycles. The molecule has 0 spiro atoms. The maximum absolute atomic E-state index is 4.88. The Morgan fingerprint density at radius 2 is 2.19 bits per heavy atom. The van der Waals surface area contributed by atoms with Crippen LogP contribution >= 0.6 is 11.3 Å². The second-order valence-corrected chi connectivity index (χ2v) is 8.11. The molecule has 1 N–H and O–H groups in total. The molecule has 0 bridgehead atoms. The van der Waals surface area contributed by atoms with Crippen LogP contribution in [-0.4, -0.2) is 45.5 Å². The van der Waals surface area contributed by atoms with Gasteiger partial charge in [0.05, 0.1) is 5.39 Å². The number of likely N-dealkylation sites (N-methyl/N-ethyl adjacent to an activating group) is 1. The topological polar surface area (TPSA) is 53.9 Å². The highest BCUT2D eigenvalue weighted by atomic mass is 32.1. The van der Waals surface area contributed by atoms with Gasteiger partial charge in [0.2, 0.25) is 0 Å². The molecule has 1 aliphatic rings. The minimum absolute atomic E-state index is 0.590. The van der Waals surface area contributed by atoms with Gasteiger partial charge in [0, 0.05) is 35.4 Å². The lowest BCUT2D eigenvalue weighted by atomic mass is 10.2. The number of nitrogens with one attached hydrogen (secondary N) is 1. The first-order valence-corrected chi connectivity index (χ1v) is 10.1. The Morgan fingerprint density at radius 3 is 2.96 bits per heavy atom. The van der Waals surface area contributed by atoms with E-state index >= 15 is 0 Å². The lowest BCUT2D eigenvalue weighted by Crippen LogP contribution is -2.34. The van der Waals surface area contributed by atoms with E-state index in [1.807, 2.05) is 18.3 Å². The highest BCUT2D eigenvalue weighted by molar-refractivity contribution is 7.18. The molecule has 6 heteroatoms. The van der Waals surface area contributed by atoms with Crippen LogP contribution in [0.25, 0.3) is 21.6 Å². The Balaban J connectivity index is 1.71. The number of pyridine rings is 1. The number of rotatable bonds is 5. The zero-order chi connectivity index (χ0) is 18.1. The van der Waals surface area contributed by atoms with E-state index in [1.54, 1.807) is 17.5 Å². The fourth-order valence-electron chi connectivity index (χ4n) is 3.76. The molecule has 0 aliphatic carbocycles. The molecule has 1 aliphatic heterocycles. The lowest BCUT2D eigenvalue weighted by Gasteiger charge is -2.23. The molecular formula is C20H25N5S. The summed E-state index contributed by atoms with van der Waals surface area (Å²) in [6, 6.07) is 4.53. The van der Waals surface area contributed by atoms with Crippen LogP contribution < -0.4 is 5.32 Å². The number of thiophene rings is 1. The van der Waals surface area contributed by atoms with Crippen molar-refractivity contribution < 1.29 is 0 Å². The summed E-state index contributed by atoms with van der Waals surface area (Å²) in [4.78, 5) is 18.8. The lowest BCUT2D eigenvalue weighted by molar-refractivity contribution is 0.277. The van der Waals surface area contributed by atoms with Crippen LogP contribution in [0.15, 0.2) is 24.5 Å². The van der Waals surface area contributed by atoms with Crippen molar-refractivity contribution in [1.29, 1.82) is 0 Å². The summed E-state index contributed by atoms with van der Waals surface area (Å²) >= 11 is 1.74. The molecule has 26 heavy (non-hydrogen) atoms. The molecule has 1 fully saturated rings. The minimum atomic E-state index is 0.590. The number of hydrogen-bond acceptors (Lipinski definition) is 6. The summed E-state index contributed by atoms with van der Waals surface area (Å²) in [7, 11) is 0. The van der Waals surface area contributed by atoms with E-state index in [1.165, 1.54) is 35.2 Å². The van der Waals surface area contributed by atoms with Gasteiger partial charge in [0.25, 0.3) is 0 Å². The van der Waals surface area contributed by atoms with Crippen molar-refractivity contribution in [3.8, 4) is 11.4 Å². The van der Waals surface area contributed by atoms with Crippen molar-refractivity contribution in [2.75, 3.05) is 25.0 Å². The Hall–Kier alpha value is -2.05. The van der Waals surface area contributed by atoms with Gasteiger partial charge in [-0.3, -0.25) is 9.88 Å². The van der Waals surface area contributed by atoms with Gasteiger partial charge in [0.15, 0.2) is 5.82 Å². The summed E-state index contributed by atoms with van der Waals surface area (Å²) in [5, 5.41) is 4.82. The van der Waals surface area contributed by atoms with Gasteiger partial charge in [-0.1, -0.05) is 6.92 Å². The smallest absolute Gasteiger partial charge is 0.164 e. The first kappa shape index (κ1) is 17.4. The third-order valence-corrected chi connectivity index (χ3v) is 6.46. The molecule has 4 heterocycles. The number of aromatic nitrogens is 3. The van der Waals surface area contributed by atoms with Crippen LogP contribution in [0.5, 0.6) is 0 Å². The Kier molecular flexibility index (Phi) is 4.87. The molecule has 4 rings (SSSR count). The van der Waals surface area contributed by atoms with Crippen molar-refractivity contribution in [3.63, 3.8) is 0 Å². The Bertz CT molecular complexity index is 905. The van der Waals surface area contributed by atoms with Crippen molar-refractivity contribution >= 4 is 27.4 Å². The first-order chi connectivity index (χ1) is 12.7. The van der Waals surface area contributed by atoms with E-state index in [4.69, 9.17) is 9.97 Å². The van der Waals surface area contributed by atoms with Gasteiger partial charge < -0.3 is 5.32 Å². The van der Waals surface area contributed by atoms with Gasteiger partial charge in [-0.25, -0.2) is 9.97 Å². The predicted octanol–water partition coefficient (Wildman–Crippen LogP) is 4.27. The molecule has 0 aromatic carbocycles. The molecule has 1 saturated heterocycles. The van der Waals surface area contributed by atoms with Gasteiger partial charge >= 0.3 is 0 Å². The highest BCUT2D eigenvalue weighted by Crippen LogP contribution is 2.35. The minimum Gasteiger partial charge on any atom is -0.368 e. The maximum Gasteiger partial charge on any atom is 0.164 e. The van der Waals surface area contributed by atoms with Crippen molar-refractivity contribution in [3.05, 3.63) is 35.0 Å². The van der Waals surface area contributed by atoms with Crippen molar-refractivity contribution in [2.24, 2.45) is 0 Å². The summed E-state index contributed by atoms with van der Waals surface area (Å²) in [5.41, 5.74) is 2.24. The quantitative estimate of drug-likeness (QED) is 0.730. The van der Waals surface area contributed by atoms with Gasteiger partial charge in [0.1, 0.15) is 10.6 Å². The molecule has 0 radical (unpaired) electrons. The van der Waals surface area contributed by atoms with Crippen LogP contribution in [-0.2, 0) is 0 Å². The zero-order valence-electron chi connectivity index (χ0n) is 15.6. The van der Waals surface area contributed by atoms with Crippen LogP contribution in [0.2, 0.25) is 0 Å². The Morgan fingerprint density at radius 1 is 1.31 bits per heavy atom. The van der Waals surface area contributed by atoms with Crippen molar-refractivity contribution in [2.45, 2.75) is 39.7 Å². The number of likely N-dealkylation sites (tertiary alicyclic amines) is 1. The van der Waals surface area contributed by atoms with E-state index in [-0.39, 0.29) is 0 Å². The van der Waals surface area contributed by atoms with Crippen LogP contribution in [0, 0.1) is 13.8 Å². The summed E-state index contributed by atoms with van der Waals surface area (Å²) in [6.07, 6.45) is 6.15. The van der Waals surface area contributed by atoms with E-state index in [0.29, 0.717) is 6.04 Å². The zero-order valence-corrected chi connectivity index (χ0v) is 16.4. The number of aryl methyl sites for hydroxylation is 2. The molecular weight excluding hydrogens is 342 g/mol. The normalized spacial score (nSPS) is 17.9. The molecule has 1 atom stereocenters. The second-order valence-electron chi connectivity index (χ2n) is 6.91. The average molecular weight is 368 g/mol. The van der Waals surface area contributed by atoms with Crippen LogP contribution in [0.3, 0.4) is 0 Å². The average Bonchev–Trinajstić information content (AvgIpc) is 3.24. The third-order valence-electron chi connectivity index (χ3n) is 5.36. The standard InChI is InChI=1S/C20H25N5S/c1-4-25-10-6-8-16(25)12-22-19-17-13(2)14(3)26-20(17)24-18(23-19)15-7-5-9-21-11-15/h5,7,9,11,16H,4,6,8,10,12H2,1-3H3,(H,22,23,24)/t16-/m1/s1. The molecule has 136 valence electrons. The fourth-order valence-corrected chi connectivity index (χ4v) is 4.79. The molecule has 5 nitrogen and oxygen atoms in total. The molecule has 0 amide bonds.